The van der Waals surface area contributed by atoms with Crippen molar-refractivity contribution in [3.8, 4) is 11.1 Å². The SMILES string of the molecule is CC(C)c1nc2ccc(Cl)cc2c(-c2ccccc2)c1/C=C/C(O)CC(O)CC(=O)O. The summed E-state index contributed by atoms with van der Waals surface area (Å²) in [5.74, 6) is -0.982. The van der Waals surface area contributed by atoms with Gasteiger partial charge >= 0.3 is 5.97 Å². The summed E-state index contributed by atoms with van der Waals surface area (Å²) in [6.45, 7) is 4.12. The van der Waals surface area contributed by atoms with E-state index in [-0.39, 0.29) is 12.3 Å². The number of carboxylic acid groups (broad SMARTS) is 1. The van der Waals surface area contributed by atoms with E-state index in [4.69, 9.17) is 21.7 Å². The quantitative estimate of drug-likeness (QED) is 0.444. The van der Waals surface area contributed by atoms with Gasteiger partial charge in [0.05, 0.1) is 29.8 Å². The van der Waals surface area contributed by atoms with E-state index in [0.717, 1.165) is 33.3 Å². The Kier molecular flexibility index (Phi) is 7.44. The molecule has 0 aliphatic heterocycles. The molecule has 3 aromatic rings. The maximum Gasteiger partial charge on any atom is 0.305 e. The van der Waals surface area contributed by atoms with Gasteiger partial charge in [0, 0.05) is 28.0 Å². The minimum absolute atomic E-state index is 0.0622. The van der Waals surface area contributed by atoms with Crippen LogP contribution in [0.2, 0.25) is 5.02 Å². The molecule has 0 aliphatic carbocycles. The zero-order valence-corrected chi connectivity index (χ0v) is 18.3. The van der Waals surface area contributed by atoms with Crippen LogP contribution in [0.1, 0.15) is 43.9 Å². The van der Waals surface area contributed by atoms with Crippen molar-refractivity contribution in [2.45, 2.75) is 44.8 Å². The highest BCUT2D eigenvalue weighted by molar-refractivity contribution is 6.31. The molecule has 0 saturated carbocycles. The molecule has 3 N–H and O–H groups in total. The molecule has 0 saturated heterocycles. The average Bonchev–Trinajstić information content (AvgIpc) is 2.71. The molecule has 6 heteroatoms. The van der Waals surface area contributed by atoms with E-state index in [1.54, 1.807) is 6.08 Å². The van der Waals surface area contributed by atoms with Crippen LogP contribution in [0.15, 0.2) is 54.6 Å². The van der Waals surface area contributed by atoms with Gasteiger partial charge in [0.15, 0.2) is 0 Å². The Hall–Kier alpha value is -2.73. The van der Waals surface area contributed by atoms with Gasteiger partial charge in [-0.3, -0.25) is 9.78 Å². The zero-order chi connectivity index (χ0) is 22.5. The van der Waals surface area contributed by atoms with Crippen molar-refractivity contribution >= 4 is 34.5 Å². The molecule has 0 bridgehead atoms. The molecular weight excluding hydrogens is 414 g/mol. The average molecular weight is 440 g/mol. The number of aliphatic hydroxyl groups is 2. The number of halogens is 1. The van der Waals surface area contributed by atoms with E-state index in [0.29, 0.717) is 5.02 Å². The lowest BCUT2D eigenvalue weighted by atomic mass is 9.90. The van der Waals surface area contributed by atoms with Crippen LogP contribution < -0.4 is 0 Å². The highest BCUT2D eigenvalue weighted by Gasteiger charge is 2.18. The first-order valence-corrected chi connectivity index (χ1v) is 10.6. The third kappa shape index (κ3) is 5.70. The topological polar surface area (TPSA) is 90.7 Å². The highest BCUT2D eigenvalue weighted by Crippen LogP contribution is 2.37. The van der Waals surface area contributed by atoms with E-state index in [1.165, 1.54) is 0 Å². The van der Waals surface area contributed by atoms with Crippen LogP contribution in [0.4, 0.5) is 0 Å². The monoisotopic (exact) mass is 439 g/mol. The lowest BCUT2D eigenvalue weighted by Crippen LogP contribution is -2.19. The smallest absolute Gasteiger partial charge is 0.305 e. The Bertz CT molecular complexity index is 1100. The number of nitrogens with zero attached hydrogens (tertiary/aromatic N) is 1. The van der Waals surface area contributed by atoms with E-state index in [9.17, 15) is 15.0 Å². The van der Waals surface area contributed by atoms with Crippen molar-refractivity contribution < 1.29 is 20.1 Å². The van der Waals surface area contributed by atoms with Gasteiger partial charge in [-0.1, -0.05) is 67.9 Å². The van der Waals surface area contributed by atoms with Crippen LogP contribution >= 0.6 is 11.6 Å². The number of benzene rings is 2. The molecule has 2 unspecified atom stereocenters. The van der Waals surface area contributed by atoms with Crippen LogP contribution in [0.3, 0.4) is 0 Å². The van der Waals surface area contributed by atoms with Gasteiger partial charge < -0.3 is 15.3 Å². The van der Waals surface area contributed by atoms with E-state index >= 15 is 0 Å². The predicted molar refractivity (Wildman–Crippen MR) is 124 cm³/mol. The fourth-order valence-corrected chi connectivity index (χ4v) is 3.82. The molecule has 0 fully saturated rings. The fraction of sp³-hybridized carbons (Fsp3) is 0.280. The maximum absolute atomic E-state index is 10.8. The number of aromatic nitrogens is 1. The zero-order valence-electron chi connectivity index (χ0n) is 17.5. The van der Waals surface area contributed by atoms with Gasteiger partial charge in [0.1, 0.15) is 0 Å². The summed E-state index contributed by atoms with van der Waals surface area (Å²) >= 11 is 6.30. The molecule has 0 radical (unpaired) electrons. The Labute approximate surface area is 186 Å². The van der Waals surface area contributed by atoms with Crippen molar-refractivity contribution in [1.29, 1.82) is 0 Å². The molecule has 5 nitrogen and oxygen atoms in total. The van der Waals surface area contributed by atoms with Crippen LogP contribution in [0.5, 0.6) is 0 Å². The summed E-state index contributed by atoms with van der Waals surface area (Å²) in [5.41, 5.74) is 4.54. The lowest BCUT2D eigenvalue weighted by molar-refractivity contribution is -0.139. The van der Waals surface area contributed by atoms with Crippen molar-refractivity contribution in [2.24, 2.45) is 0 Å². The molecule has 3 rings (SSSR count). The first-order chi connectivity index (χ1) is 14.8. The Morgan fingerprint density at radius 3 is 2.48 bits per heavy atom. The van der Waals surface area contributed by atoms with Crippen LogP contribution in [-0.2, 0) is 4.79 Å². The second-order valence-corrected chi connectivity index (χ2v) is 8.32. The number of carboxylic acids is 1. The molecule has 1 heterocycles. The second-order valence-electron chi connectivity index (χ2n) is 7.88. The van der Waals surface area contributed by atoms with Crippen molar-refractivity contribution in [3.63, 3.8) is 0 Å². The standard InChI is InChI=1S/C25H26ClNO4/c1-15(2)25-20(10-9-18(28)13-19(29)14-23(30)31)24(16-6-4-3-5-7-16)21-12-17(26)8-11-22(21)27-25/h3-12,15,18-19,28-29H,13-14H2,1-2H3,(H,30,31)/b10-9+. The highest BCUT2D eigenvalue weighted by atomic mass is 35.5. The molecule has 1 aromatic heterocycles. The molecule has 0 amide bonds. The number of rotatable bonds is 8. The first-order valence-electron chi connectivity index (χ1n) is 10.2. The van der Waals surface area contributed by atoms with Gasteiger partial charge in [-0.25, -0.2) is 0 Å². The summed E-state index contributed by atoms with van der Waals surface area (Å²) in [4.78, 5) is 15.6. The minimum atomic E-state index is -1.12. The van der Waals surface area contributed by atoms with Gasteiger partial charge in [-0.2, -0.15) is 0 Å². The Morgan fingerprint density at radius 2 is 1.84 bits per heavy atom. The fourth-order valence-electron chi connectivity index (χ4n) is 3.64. The number of fused-ring (bicyclic) bond motifs is 1. The molecule has 0 spiro atoms. The van der Waals surface area contributed by atoms with Crippen molar-refractivity contribution in [3.05, 3.63) is 70.9 Å². The molecular formula is C25H26ClNO4. The molecule has 2 aromatic carbocycles. The number of aliphatic hydroxyl groups excluding tert-OH is 2. The van der Waals surface area contributed by atoms with E-state index < -0.39 is 24.6 Å². The van der Waals surface area contributed by atoms with Crippen LogP contribution in [-0.4, -0.2) is 38.5 Å². The van der Waals surface area contributed by atoms with E-state index in [2.05, 4.69) is 13.8 Å². The summed E-state index contributed by atoms with van der Waals surface area (Å²) < 4.78 is 0. The number of hydrogen-bond acceptors (Lipinski definition) is 4. The molecule has 162 valence electrons. The second kappa shape index (κ2) is 10.1. The molecule has 31 heavy (non-hydrogen) atoms. The Balaban J connectivity index is 2.14. The Morgan fingerprint density at radius 1 is 1.13 bits per heavy atom. The van der Waals surface area contributed by atoms with Crippen molar-refractivity contribution in [1.82, 2.24) is 4.98 Å². The van der Waals surface area contributed by atoms with Gasteiger partial charge in [0.25, 0.3) is 0 Å². The number of carbonyl (C=O) groups is 1. The number of pyridine rings is 1. The normalized spacial score (nSPS) is 13.7. The molecule has 2 atom stereocenters. The summed E-state index contributed by atoms with van der Waals surface area (Å²) in [5, 5.41) is 30.5. The largest absolute Gasteiger partial charge is 0.481 e. The third-order valence-electron chi connectivity index (χ3n) is 5.03. The first kappa shape index (κ1) is 22.9. The number of hydrogen-bond donors (Lipinski definition) is 3. The minimum Gasteiger partial charge on any atom is -0.481 e. The molecule has 0 aliphatic rings. The van der Waals surface area contributed by atoms with E-state index in [1.807, 2.05) is 54.6 Å². The van der Waals surface area contributed by atoms with Crippen LogP contribution in [0.25, 0.3) is 28.1 Å². The van der Waals surface area contributed by atoms with Gasteiger partial charge in [0.2, 0.25) is 0 Å². The van der Waals surface area contributed by atoms with Crippen LogP contribution in [0, 0.1) is 0 Å². The summed E-state index contributed by atoms with van der Waals surface area (Å²) in [6.07, 6.45) is 0.803. The van der Waals surface area contributed by atoms with Crippen molar-refractivity contribution in [2.75, 3.05) is 0 Å². The summed E-state index contributed by atoms with van der Waals surface area (Å²) in [7, 11) is 0. The van der Waals surface area contributed by atoms with Gasteiger partial charge in [-0.15, -0.1) is 0 Å². The van der Waals surface area contributed by atoms with Gasteiger partial charge in [-0.05, 0) is 29.7 Å². The third-order valence-corrected chi connectivity index (χ3v) is 5.27. The number of aliphatic carboxylic acids is 1. The summed E-state index contributed by atoms with van der Waals surface area (Å²) in [6, 6.07) is 15.5. The lowest BCUT2D eigenvalue weighted by Gasteiger charge is -2.18. The predicted octanol–water partition coefficient (Wildman–Crippen LogP) is 5.28. The maximum atomic E-state index is 10.8.